The van der Waals surface area contributed by atoms with Crippen molar-refractivity contribution < 1.29 is 14.6 Å². The van der Waals surface area contributed by atoms with Crippen LogP contribution in [0.25, 0.3) is 0 Å². The number of hydrogen-bond donors (Lipinski definition) is 1. The van der Waals surface area contributed by atoms with Crippen molar-refractivity contribution >= 4 is 21.9 Å². The first-order valence-corrected chi connectivity index (χ1v) is 7.16. The van der Waals surface area contributed by atoms with Gasteiger partial charge >= 0.3 is 5.97 Å². The van der Waals surface area contributed by atoms with Gasteiger partial charge in [0.05, 0.1) is 7.11 Å². The molecule has 2 rings (SSSR count). The molecule has 0 radical (unpaired) electrons. The summed E-state index contributed by atoms with van der Waals surface area (Å²) in [6.07, 6.45) is 1.73. The van der Waals surface area contributed by atoms with Gasteiger partial charge in [-0.05, 0) is 17.7 Å². The van der Waals surface area contributed by atoms with Crippen molar-refractivity contribution in [3.63, 3.8) is 0 Å². The van der Waals surface area contributed by atoms with Crippen LogP contribution >= 0.6 is 15.9 Å². The van der Waals surface area contributed by atoms with E-state index in [1.54, 1.807) is 12.1 Å². The second kappa shape index (κ2) is 6.59. The van der Waals surface area contributed by atoms with E-state index < -0.39 is 5.97 Å². The predicted octanol–water partition coefficient (Wildman–Crippen LogP) is 4.26. The van der Waals surface area contributed by atoms with Crippen molar-refractivity contribution in [1.82, 2.24) is 0 Å². The van der Waals surface area contributed by atoms with Gasteiger partial charge in [0, 0.05) is 16.0 Å². The van der Waals surface area contributed by atoms with Crippen LogP contribution in [0.1, 0.15) is 27.4 Å². The SMILES string of the molecule is C=CC(c1ccccc1)c1cc(Br)cc(C(=O)OC)c1O. The maximum atomic E-state index is 11.8. The molecule has 0 spiro atoms. The zero-order chi connectivity index (χ0) is 15.4. The average molecular weight is 347 g/mol. The van der Waals surface area contributed by atoms with Crippen LogP contribution in [-0.4, -0.2) is 18.2 Å². The highest BCUT2D eigenvalue weighted by molar-refractivity contribution is 9.10. The third-order valence-corrected chi connectivity index (χ3v) is 3.70. The molecule has 0 aliphatic rings. The van der Waals surface area contributed by atoms with E-state index in [9.17, 15) is 9.90 Å². The molecule has 0 amide bonds. The van der Waals surface area contributed by atoms with Crippen LogP contribution in [0, 0.1) is 0 Å². The Balaban J connectivity index is 2.59. The Labute approximate surface area is 132 Å². The summed E-state index contributed by atoms with van der Waals surface area (Å²) in [7, 11) is 1.28. The van der Waals surface area contributed by atoms with E-state index in [1.807, 2.05) is 30.3 Å². The summed E-state index contributed by atoms with van der Waals surface area (Å²) in [5.74, 6) is -0.878. The first kappa shape index (κ1) is 15.3. The van der Waals surface area contributed by atoms with E-state index in [2.05, 4.69) is 22.5 Å². The van der Waals surface area contributed by atoms with Gasteiger partial charge in [0.1, 0.15) is 11.3 Å². The fourth-order valence-corrected chi connectivity index (χ4v) is 2.70. The fraction of sp³-hybridized carbons (Fsp3) is 0.118. The van der Waals surface area contributed by atoms with Gasteiger partial charge in [0.25, 0.3) is 0 Å². The molecule has 1 N–H and O–H groups in total. The van der Waals surface area contributed by atoms with Crippen molar-refractivity contribution in [2.24, 2.45) is 0 Å². The van der Waals surface area contributed by atoms with Crippen LogP contribution in [0.3, 0.4) is 0 Å². The van der Waals surface area contributed by atoms with Crippen molar-refractivity contribution in [2.75, 3.05) is 7.11 Å². The number of benzene rings is 2. The second-order valence-corrected chi connectivity index (χ2v) is 5.42. The Kier molecular flexibility index (Phi) is 4.81. The Morgan fingerprint density at radius 3 is 2.57 bits per heavy atom. The fourth-order valence-electron chi connectivity index (χ4n) is 2.23. The molecule has 1 atom stereocenters. The molecular formula is C17H15BrO3. The molecule has 0 aromatic heterocycles. The molecule has 0 saturated heterocycles. The highest BCUT2D eigenvalue weighted by atomic mass is 79.9. The Hall–Kier alpha value is -2.07. The van der Waals surface area contributed by atoms with Crippen LogP contribution < -0.4 is 0 Å². The summed E-state index contributed by atoms with van der Waals surface area (Å²) in [5.41, 5.74) is 1.72. The lowest BCUT2D eigenvalue weighted by atomic mass is 9.89. The summed E-state index contributed by atoms with van der Waals surface area (Å²) in [5, 5.41) is 10.4. The Bertz CT molecular complexity index is 665. The van der Waals surface area contributed by atoms with Gasteiger partial charge in [-0.15, -0.1) is 6.58 Å². The number of aromatic hydroxyl groups is 1. The summed E-state index contributed by atoms with van der Waals surface area (Å²) >= 11 is 3.36. The number of methoxy groups -OCH3 is 1. The minimum atomic E-state index is -0.578. The first-order valence-electron chi connectivity index (χ1n) is 6.36. The van der Waals surface area contributed by atoms with Gasteiger partial charge in [0.15, 0.2) is 0 Å². The number of hydrogen-bond acceptors (Lipinski definition) is 3. The molecule has 4 heteroatoms. The number of allylic oxidation sites excluding steroid dienone is 1. The Morgan fingerprint density at radius 2 is 2.00 bits per heavy atom. The number of phenols is 1. The highest BCUT2D eigenvalue weighted by Gasteiger charge is 2.21. The van der Waals surface area contributed by atoms with Gasteiger partial charge in [-0.1, -0.05) is 52.3 Å². The van der Waals surface area contributed by atoms with Gasteiger partial charge in [-0.3, -0.25) is 0 Å². The average Bonchev–Trinajstić information content (AvgIpc) is 2.51. The maximum Gasteiger partial charge on any atom is 0.341 e. The lowest BCUT2D eigenvalue weighted by Gasteiger charge is -2.17. The van der Waals surface area contributed by atoms with E-state index in [1.165, 1.54) is 13.2 Å². The quantitative estimate of drug-likeness (QED) is 0.664. The lowest BCUT2D eigenvalue weighted by Crippen LogP contribution is -2.06. The van der Waals surface area contributed by atoms with Gasteiger partial charge < -0.3 is 9.84 Å². The van der Waals surface area contributed by atoms with Crippen LogP contribution in [0.5, 0.6) is 5.75 Å². The molecule has 0 aliphatic heterocycles. The topological polar surface area (TPSA) is 46.5 Å². The van der Waals surface area contributed by atoms with E-state index >= 15 is 0 Å². The summed E-state index contributed by atoms with van der Waals surface area (Å²) in [6.45, 7) is 3.84. The number of ether oxygens (including phenoxy) is 1. The van der Waals surface area contributed by atoms with Crippen LogP contribution in [0.4, 0.5) is 0 Å². The number of esters is 1. The van der Waals surface area contributed by atoms with Crippen LogP contribution in [-0.2, 0) is 4.74 Å². The van der Waals surface area contributed by atoms with E-state index in [4.69, 9.17) is 4.74 Å². The highest BCUT2D eigenvalue weighted by Crippen LogP contribution is 2.37. The molecule has 2 aromatic carbocycles. The number of rotatable bonds is 4. The van der Waals surface area contributed by atoms with Gasteiger partial charge in [-0.25, -0.2) is 4.79 Å². The lowest BCUT2D eigenvalue weighted by molar-refractivity contribution is 0.0597. The molecule has 0 aliphatic carbocycles. The maximum absolute atomic E-state index is 11.8. The van der Waals surface area contributed by atoms with E-state index in [0.717, 1.165) is 5.56 Å². The number of carbonyl (C=O) groups is 1. The molecule has 0 bridgehead atoms. The molecular weight excluding hydrogens is 332 g/mol. The van der Waals surface area contributed by atoms with E-state index in [0.29, 0.717) is 10.0 Å². The molecule has 21 heavy (non-hydrogen) atoms. The van der Waals surface area contributed by atoms with Crippen molar-refractivity contribution in [2.45, 2.75) is 5.92 Å². The largest absolute Gasteiger partial charge is 0.507 e. The van der Waals surface area contributed by atoms with Crippen LogP contribution in [0.15, 0.2) is 59.6 Å². The molecule has 1 unspecified atom stereocenters. The normalized spacial score (nSPS) is 11.7. The zero-order valence-electron chi connectivity index (χ0n) is 11.5. The standard InChI is InChI=1S/C17H15BrO3/c1-3-13(11-7-5-4-6-8-11)14-9-12(18)10-15(16(14)19)17(20)21-2/h3-10,13,19H,1H2,2H3. The minimum Gasteiger partial charge on any atom is -0.507 e. The monoisotopic (exact) mass is 346 g/mol. The molecule has 3 nitrogen and oxygen atoms in total. The zero-order valence-corrected chi connectivity index (χ0v) is 13.1. The van der Waals surface area contributed by atoms with Crippen molar-refractivity contribution in [3.8, 4) is 5.75 Å². The predicted molar refractivity (Wildman–Crippen MR) is 85.6 cm³/mol. The van der Waals surface area contributed by atoms with Gasteiger partial charge in [0.2, 0.25) is 0 Å². The number of carbonyl (C=O) groups excluding carboxylic acids is 1. The molecule has 0 fully saturated rings. The number of halogens is 1. The molecule has 2 aromatic rings. The van der Waals surface area contributed by atoms with E-state index in [-0.39, 0.29) is 17.2 Å². The molecule has 0 saturated carbocycles. The molecule has 108 valence electrons. The van der Waals surface area contributed by atoms with Crippen molar-refractivity contribution in [3.05, 3.63) is 76.3 Å². The third kappa shape index (κ3) is 3.16. The smallest absolute Gasteiger partial charge is 0.341 e. The van der Waals surface area contributed by atoms with Crippen molar-refractivity contribution in [1.29, 1.82) is 0 Å². The Morgan fingerprint density at radius 1 is 1.33 bits per heavy atom. The summed E-state index contributed by atoms with van der Waals surface area (Å²) in [4.78, 5) is 11.8. The first-order chi connectivity index (χ1) is 10.1. The number of phenolic OH excluding ortho intramolecular Hbond substituents is 1. The minimum absolute atomic E-state index is 0.0844. The third-order valence-electron chi connectivity index (χ3n) is 3.24. The molecule has 0 heterocycles. The summed E-state index contributed by atoms with van der Waals surface area (Å²) < 4.78 is 5.39. The van der Waals surface area contributed by atoms with Gasteiger partial charge in [-0.2, -0.15) is 0 Å². The summed E-state index contributed by atoms with van der Waals surface area (Å²) in [6, 6.07) is 13.0. The second-order valence-electron chi connectivity index (χ2n) is 4.51. The van der Waals surface area contributed by atoms with Crippen LogP contribution in [0.2, 0.25) is 0 Å².